The molecule has 0 fully saturated rings. The minimum atomic E-state index is -4.11. The van der Waals surface area contributed by atoms with Gasteiger partial charge in [-0.25, -0.2) is 0 Å². The van der Waals surface area contributed by atoms with Gasteiger partial charge in [0.1, 0.15) is 0 Å². The number of rotatable bonds is 8. The summed E-state index contributed by atoms with van der Waals surface area (Å²) in [4.78, 5) is 0. The molecule has 564 valence electrons. The summed E-state index contributed by atoms with van der Waals surface area (Å²) in [6.07, 6.45) is 0. The first-order valence-corrected chi connectivity index (χ1v) is 37.1. The van der Waals surface area contributed by atoms with Crippen LogP contribution in [-0.2, 0) is 10.8 Å². The smallest absolute Gasteiger partial charge is 0.0636 e. The lowest BCUT2D eigenvalue weighted by Crippen LogP contribution is -2.14. The van der Waals surface area contributed by atoms with Crippen molar-refractivity contribution >= 4 is 129 Å². The first-order chi connectivity index (χ1) is 81.4. The summed E-state index contributed by atoms with van der Waals surface area (Å²) in [5.41, 5.74) is -12.6. The molecule has 0 spiro atoms. The summed E-state index contributed by atoms with van der Waals surface area (Å²) in [6, 6.07) is -19.6. The number of hydrogen-bond acceptors (Lipinski definition) is 0. The van der Waals surface area contributed by atoms with Crippen LogP contribution in [0.1, 0.15) is 141 Å². The quantitative estimate of drug-likeness (QED) is 0.133. The molecule has 0 N–H and O–H groups in total. The van der Waals surface area contributed by atoms with Crippen LogP contribution in [0.3, 0.4) is 0 Å². The Labute approximate surface area is 778 Å². The summed E-state index contributed by atoms with van der Waals surface area (Å²) in [6.45, 7) is -3.99. The fraction of sp³-hybridized carbons (Fsp3) is 0.0667. The van der Waals surface area contributed by atoms with Gasteiger partial charge in [-0.1, -0.05) is 393 Å². The summed E-state index contributed by atoms with van der Waals surface area (Å²) < 4.78 is 526. The highest BCUT2D eigenvalue weighted by Gasteiger charge is 2.38. The lowest BCUT2D eigenvalue weighted by atomic mass is 9.79. The van der Waals surface area contributed by atoms with E-state index in [2.05, 4.69) is 26.0 Å². The van der Waals surface area contributed by atoms with E-state index in [-0.39, 0.29) is 102 Å². The fourth-order valence-corrected chi connectivity index (χ4v) is 17.5. The van der Waals surface area contributed by atoms with E-state index in [1.807, 2.05) is 54.6 Å². The lowest BCUT2D eigenvalue weighted by molar-refractivity contribution is 0.660. The highest BCUT2D eigenvalue weighted by molar-refractivity contribution is 6.31. The molecule has 0 nitrogen and oxygen atoms in total. The Morgan fingerprint density at radius 1 is 0.192 bits per heavy atom. The SMILES string of the molecule is C.C.[2H]c1c([2H])c([2H])c(-c2c([2H])c(-c3c([2H])c([2H])c4c(c3[2H])C(C([2H])([2H])[2H])(C([2H])([2H])[2H])c3c([2H])c([2H])c([2H])c([2H])c3-4)c(-c3c([2H])c([2H])c4c([2H])c([2H])c5c([2H])c([2H])c([2H])c6c([2H])c([2H])c3c4c56)c([2H])c2-c2c([2H])c([2H])c3c([2H])c([2H])c4c([2H])c([2H])c([2H])c5c([2H])c([2H])c2c3c45)c([2H])c1[2H].[2H]c1c([2H])c2c([2H])c([2H])c3c([2H])c([2H])c(-c4cc(-c5c([2H])c([2H])c6c([2H])c([2H])c7c([2H])c([2H])c([2H])c8c([2H])c([2H])c5c6c78)c(-c5ccc6c(c5)C(C)(C)c5ccccc5-6)cc4-c4ccccc4)c4c([2H])c([2H])c(c1[2H])c2c34. The zero-order chi connectivity index (χ0) is 126. The lowest BCUT2D eigenvalue weighted by Gasteiger charge is -2.24. The molecule has 0 heterocycles. The van der Waals surface area contributed by atoms with E-state index < -0.39 is 458 Å². The van der Waals surface area contributed by atoms with Crippen LogP contribution in [0.5, 0.6) is 0 Å². The average molecular weight is 1580 g/mol. The maximum atomic E-state index is 11.0. The predicted molar refractivity (Wildman–Crippen MR) is 520 cm³/mol. The molecule has 24 aromatic carbocycles. The van der Waals surface area contributed by atoms with Crippen molar-refractivity contribution in [3.8, 4) is 111 Å². The van der Waals surface area contributed by atoms with Crippen LogP contribution in [-0.4, -0.2) is 0 Å². The molecule has 0 saturated carbocycles. The van der Waals surface area contributed by atoms with Crippen molar-refractivity contribution in [2.75, 3.05) is 0 Å². The van der Waals surface area contributed by atoms with Gasteiger partial charge < -0.3 is 0 Å². The number of benzene rings is 24. The fourth-order valence-electron chi connectivity index (χ4n) is 17.5. The van der Waals surface area contributed by atoms with Crippen molar-refractivity contribution in [3.05, 3.63) is 409 Å². The molecular formula is C120H84. The molecule has 24 aromatic rings. The molecule has 0 atom stereocenters. The maximum Gasteiger partial charge on any atom is 0.0636 e. The molecule has 0 radical (unpaired) electrons. The number of fused-ring (bicyclic) bond motifs is 6. The summed E-state index contributed by atoms with van der Waals surface area (Å²) in [7, 11) is 0. The Kier molecular flexibility index (Phi) is 7.54. The second-order valence-corrected chi connectivity index (χ2v) is 29.5. The van der Waals surface area contributed by atoms with Crippen molar-refractivity contribution < 1.29 is 76.8 Å². The van der Waals surface area contributed by atoms with Crippen LogP contribution in [0.2, 0.25) is 0 Å². The molecule has 0 aliphatic heterocycles. The molecule has 0 amide bonds. The van der Waals surface area contributed by atoms with Gasteiger partial charge in [-0.2, -0.15) is 0 Å². The van der Waals surface area contributed by atoms with Crippen LogP contribution in [0.4, 0.5) is 0 Å². The van der Waals surface area contributed by atoms with Crippen LogP contribution < -0.4 is 0 Å². The van der Waals surface area contributed by atoms with Crippen molar-refractivity contribution in [2.45, 2.75) is 53.2 Å². The van der Waals surface area contributed by atoms with Gasteiger partial charge in [0.2, 0.25) is 0 Å². The van der Waals surface area contributed by atoms with E-state index in [0.29, 0.717) is 22.3 Å². The predicted octanol–water partition coefficient (Wildman–Crippen LogP) is 34.2. The standard InChI is InChI=1S/2C59H38.2CH4/c2*1-59(2)53-17-7-6-16-45(53)46-29-26-42(32-54(46)59)50-33-49(35-10-4-3-5-11-35)51(43-27-22-40-20-18-36-12-8-14-38-24-30-47(43)57(40)55(36)38)34-52(50)44-28-23-41-21-19-37-13-9-15-39-25-31-48(44)58(41)56(37)39;;/h2*3-34H,1-2H3;2*1H4/i1D3,2D3,3D,4D,5D,6D,7D,8D,9D,10D,11D,12D,13D,14D,15D,16D,17D,18D,19D,20D,21D,22D,23D,24D,25D,26D,27D,28D,29D,30D,31D,32D,33D,34D;8D,9D,12D,13D,14D,15D,18D,19D,20D,21D,22D,23D,24D,25D,27D,28D,30D,31D;;. The minimum absolute atomic E-state index is 0. The van der Waals surface area contributed by atoms with E-state index in [1.165, 1.54) is 0 Å². The molecule has 0 aromatic heterocycles. The van der Waals surface area contributed by atoms with E-state index in [1.54, 1.807) is 18.2 Å². The van der Waals surface area contributed by atoms with Gasteiger partial charge in [-0.15, -0.1) is 0 Å². The zero-order valence-electron chi connectivity index (χ0n) is 117. The van der Waals surface area contributed by atoms with Gasteiger partial charge in [0.05, 0.1) is 68.5 Å². The van der Waals surface area contributed by atoms with Gasteiger partial charge >= 0.3 is 0 Å². The second-order valence-electron chi connectivity index (χ2n) is 29.5. The van der Waals surface area contributed by atoms with Gasteiger partial charge in [-0.3, -0.25) is 0 Å². The normalized spacial score (nSPS) is 19.9. The van der Waals surface area contributed by atoms with E-state index >= 15 is 0 Å². The van der Waals surface area contributed by atoms with Gasteiger partial charge in [0, 0.05) is 19.1 Å². The largest absolute Gasteiger partial charge is 0.0776 e. The average Bonchev–Trinajstić information content (AvgIpc) is 1.48. The second kappa shape index (κ2) is 26.5. The molecule has 0 saturated heterocycles. The molecule has 26 rings (SSSR count). The van der Waals surface area contributed by atoms with Crippen molar-refractivity contribution in [2.24, 2.45) is 0 Å². The molecule has 0 heteroatoms. The Balaban J connectivity index is 0.000000188. The molecule has 0 bridgehead atoms. The first-order valence-electron chi connectivity index (χ1n) is 65.1. The van der Waals surface area contributed by atoms with E-state index in [0.717, 1.165) is 22.3 Å². The van der Waals surface area contributed by atoms with Crippen molar-refractivity contribution in [3.63, 3.8) is 0 Å². The molecule has 120 heavy (non-hydrogen) atoms. The highest BCUT2D eigenvalue weighted by atomic mass is 14.4. The van der Waals surface area contributed by atoms with Crippen molar-refractivity contribution in [1.29, 1.82) is 0 Å². The van der Waals surface area contributed by atoms with Gasteiger partial charge in [0.15, 0.2) is 0 Å². The van der Waals surface area contributed by atoms with Crippen molar-refractivity contribution in [1.82, 2.24) is 0 Å². The molecule has 2 aliphatic carbocycles. The molecule has 2 aliphatic rings. The van der Waals surface area contributed by atoms with Crippen LogP contribution >= 0.6 is 0 Å². The third kappa shape index (κ3) is 10.2. The number of hydrogen-bond donors (Lipinski definition) is 0. The summed E-state index contributed by atoms with van der Waals surface area (Å²) in [5.74, 6) is 0. The third-order valence-corrected chi connectivity index (χ3v) is 22.9. The van der Waals surface area contributed by atoms with Gasteiger partial charge in [-0.05, 0) is 299 Å². The van der Waals surface area contributed by atoms with Gasteiger partial charge in [0.25, 0.3) is 0 Å². The topological polar surface area (TPSA) is 0 Å². The maximum absolute atomic E-state index is 11.0. The highest BCUT2D eigenvalue weighted by Crippen LogP contribution is 2.57. The Morgan fingerprint density at radius 3 is 1.04 bits per heavy atom. The Bertz CT molecular complexity index is 11700. The molecular weight excluding hydrogens is 1440 g/mol. The Hall–Kier alpha value is -14.6. The molecule has 0 unspecified atom stereocenters. The van der Waals surface area contributed by atoms with E-state index in [4.69, 9.17) is 38.4 Å². The summed E-state index contributed by atoms with van der Waals surface area (Å²) >= 11 is 0. The van der Waals surface area contributed by atoms with Crippen LogP contribution in [0.15, 0.2) is 387 Å². The first kappa shape index (κ1) is 34.2. The monoisotopic (exact) mass is 1580 g/mol. The zero-order valence-corrected chi connectivity index (χ0v) is 61.1. The third-order valence-electron chi connectivity index (χ3n) is 22.9. The van der Waals surface area contributed by atoms with Crippen LogP contribution in [0.25, 0.3) is 241 Å². The minimum Gasteiger partial charge on any atom is -0.0776 e. The Morgan fingerprint density at radius 2 is 0.558 bits per heavy atom. The summed E-state index contributed by atoms with van der Waals surface area (Å²) in [5, 5.41) is -9.66. The van der Waals surface area contributed by atoms with Crippen LogP contribution in [0, 0.1) is 0 Å². The van der Waals surface area contributed by atoms with E-state index in [9.17, 15) is 38.4 Å².